The molecule has 4 unspecified atom stereocenters. The molecule has 3 aliphatic rings. The molecule has 0 saturated heterocycles. The van der Waals surface area contributed by atoms with Gasteiger partial charge in [-0.15, -0.1) is 0 Å². The lowest BCUT2D eigenvalue weighted by Gasteiger charge is -2.48. The number of fused-ring (bicyclic) bond motifs is 5. The summed E-state index contributed by atoms with van der Waals surface area (Å²) in [7, 11) is 0. The number of hydrogen-bond donors (Lipinski definition) is 1. The second kappa shape index (κ2) is 6.55. The van der Waals surface area contributed by atoms with Crippen molar-refractivity contribution in [2.24, 2.45) is 17.3 Å². The lowest BCUT2D eigenvalue weighted by atomic mass is 9.55. The van der Waals surface area contributed by atoms with Crippen LogP contribution < -0.4 is 0 Å². The van der Waals surface area contributed by atoms with Crippen LogP contribution in [0.1, 0.15) is 81.9 Å². The van der Waals surface area contributed by atoms with Crippen LogP contribution in [0.25, 0.3) is 0 Å². The third kappa shape index (κ3) is 2.73. The highest BCUT2D eigenvalue weighted by Gasteiger charge is 2.54. The summed E-state index contributed by atoms with van der Waals surface area (Å²) in [5.74, 6) is 2.81. The Bertz CT molecular complexity index is 760. The molecule has 1 N–H and O–H groups in total. The highest BCUT2D eigenvalue weighted by molar-refractivity contribution is 5.87. The second-order valence-electron chi connectivity index (χ2n) is 9.15. The van der Waals surface area contributed by atoms with Crippen molar-refractivity contribution in [3.63, 3.8) is 0 Å². The fourth-order valence-electron chi connectivity index (χ4n) is 6.10. The fraction of sp³-hybridized carbons (Fsp3) is 0.625. The van der Waals surface area contributed by atoms with Gasteiger partial charge in [-0.3, -0.25) is 4.79 Å². The number of carbonyl (C=O) groups is 1. The third-order valence-electron chi connectivity index (χ3n) is 7.91. The van der Waals surface area contributed by atoms with Crippen molar-refractivity contribution in [3.05, 3.63) is 40.5 Å². The van der Waals surface area contributed by atoms with Gasteiger partial charge in [0.15, 0.2) is 0 Å². The van der Waals surface area contributed by atoms with E-state index in [1.54, 1.807) is 0 Å². The smallest absolute Gasteiger partial charge is 0.139 e. The Morgan fingerprint density at radius 2 is 2.08 bits per heavy atom. The molecule has 140 valence electrons. The zero-order chi connectivity index (χ0) is 18.5. The van der Waals surface area contributed by atoms with E-state index in [1.807, 2.05) is 6.07 Å². The Balaban J connectivity index is 1.64. The molecule has 2 nitrogen and oxygen atoms in total. The maximum atomic E-state index is 12.5. The predicted molar refractivity (Wildman–Crippen MR) is 105 cm³/mol. The first kappa shape index (κ1) is 17.8. The lowest BCUT2D eigenvalue weighted by molar-refractivity contribution is -0.129. The van der Waals surface area contributed by atoms with Crippen molar-refractivity contribution in [2.75, 3.05) is 0 Å². The van der Waals surface area contributed by atoms with E-state index in [9.17, 15) is 9.90 Å². The van der Waals surface area contributed by atoms with Gasteiger partial charge in [0.2, 0.25) is 0 Å². The van der Waals surface area contributed by atoms with Crippen LogP contribution in [-0.2, 0) is 17.6 Å². The number of benzene rings is 1. The molecule has 0 aromatic heterocycles. The van der Waals surface area contributed by atoms with E-state index >= 15 is 0 Å². The van der Waals surface area contributed by atoms with E-state index in [1.165, 1.54) is 23.1 Å². The van der Waals surface area contributed by atoms with E-state index in [2.05, 4.69) is 32.9 Å². The fourth-order valence-corrected chi connectivity index (χ4v) is 6.10. The number of hydrogen-bond acceptors (Lipinski definition) is 2. The Kier molecular flexibility index (Phi) is 4.49. The minimum atomic E-state index is -0.0541. The standard InChI is InChI=1S/C24H32O2/c1-4-15(2)5-6-17-13-20-16(14-22(17)25)7-8-19-18(20)11-12-24(3)21(19)9-10-23(24)26/h4,13-14,18-19,21,25H,5-12H2,1-3H3. The van der Waals surface area contributed by atoms with Crippen LogP contribution in [0.15, 0.2) is 23.8 Å². The average molecular weight is 353 g/mol. The molecule has 2 fully saturated rings. The number of aromatic hydroxyl groups is 1. The summed E-state index contributed by atoms with van der Waals surface area (Å²) in [4.78, 5) is 12.5. The normalized spacial score (nSPS) is 33.6. The zero-order valence-corrected chi connectivity index (χ0v) is 16.5. The number of aryl methyl sites for hydroxylation is 2. The number of phenolic OH excluding ortho intramolecular Hbond substituents is 1. The van der Waals surface area contributed by atoms with Crippen LogP contribution in [0.2, 0.25) is 0 Å². The third-order valence-corrected chi connectivity index (χ3v) is 7.91. The Morgan fingerprint density at radius 3 is 2.85 bits per heavy atom. The summed E-state index contributed by atoms with van der Waals surface area (Å²) in [6, 6.07) is 4.35. The van der Waals surface area contributed by atoms with Crippen LogP contribution in [0.3, 0.4) is 0 Å². The van der Waals surface area contributed by atoms with Gasteiger partial charge in [-0.1, -0.05) is 24.6 Å². The predicted octanol–water partition coefficient (Wildman–Crippen LogP) is 5.72. The Hall–Kier alpha value is -1.57. The number of rotatable bonds is 3. The van der Waals surface area contributed by atoms with Gasteiger partial charge in [0.1, 0.15) is 11.5 Å². The van der Waals surface area contributed by atoms with Crippen molar-refractivity contribution < 1.29 is 9.90 Å². The first-order chi connectivity index (χ1) is 12.4. The molecule has 2 saturated carbocycles. The monoisotopic (exact) mass is 352 g/mol. The van der Waals surface area contributed by atoms with Crippen molar-refractivity contribution >= 4 is 5.78 Å². The topological polar surface area (TPSA) is 37.3 Å². The Labute approximate surface area is 157 Å². The van der Waals surface area contributed by atoms with E-state index in [0.29, 0.717) is 29.3 Å². The van der Waals surface area contributed by atoms with Gasteiger partial charge in [-0.2, -0.15) is 0 Å². The number of phenols is 1. The van der Waals surface area contributed by atoms with E-state index in [4.69, 9.17) is 0 Å². The lowest BCUT2D eigenvalue weighted by Crippen LogP contribution is -2.42. The molecular weight excluding hydrogens is 320 g/mol. The molecule has 26 heavy (non-hydrogen) atoms. The molecule has 0 radical (unpaired) electrons. The van der Waals surface area contributed by atoms with Crippen LogP contribution in [0.5, 0.6) is 5.75 Å². The van der Waals surface area contributed by atoms with Crippen molar-refractivity contribution in [3.8, 4) is 5.75 Å². The number of ketones is 1. The van der Waals surface area contributed by atoms with Gasteiger partial charge in [-0.25, -0.2) is 0 Å². The number of carbonyl (C=O) groups excluding carboxylic acids is 1. The maximum Gasteiger partial charge on any atom is 0.139 e. The summed E-state index contributed by atoms with van der Waals surface area (Å²) in [5.41, 5.74) is 5.25. The summed E-state index contributed by atoms with van der Waals surface area (Å²) in [5, 5.41) is 10.5. The molecule has 1 aromatic carbocycles. The van der Waals surface area contributed by atoms with Crippen molar-refractivity contribution in [1.29, 1.82) is 0 Å². The first-order valence-electron chi connectivity index (χ1n) is 10.4. The zero-order valence-electron chi connectivity index (χ0n) is 16.5. The van der Waals surface area contributed by atoms with Crippen LogP contribution in [-0.4, -0.2) is 10.9 Å². The van der Waals surface area contributed by atoms with Crippen molar-refractivity contribution in [2.45, 2.75) is 78.1 Å². The van der Waals surface area contributed by atoms with E-state index < -0.39 is 0 Å². The number of allylic oxidation sites excluding steroid dienone is 2. The van der Waals surface area contributed by atoms with E-state index in [0.717, 1.165) is 50.5 Å². The largest absolute Gasteiger partial charge is 0.508 e. The molecule has 0 aliphatic heterocycles. The summed E-state index contributed by atoms with van der Waals surface area (Å²) < 4.78 is 0. The molecule has 0 bridgehead atoms. The minimum absolute atomic E-state index is 0.0541. The molecule has 3 aliphatic carbocycles. The second-order valence-corrected chi connectivity index (χ2v) is 9.15. The van der Waals surface area contributed by atoms with Gasteiger partial charge >= 0.3 is 0 Å². The molecule has 0 amide bonds. The van der Waals surface area contributed by atoms with Gasteiger partial charge in [0, 0.05) is 11.8 Å². The Morgan fingerprint density at radius 1 is 1.27 bits per heavy atom. The van der Waals surface area contributed by atoms with Gasteiger partial charge in [0.25, 0.3) is 0 Å². The van der Waals surface area contributed by atoms with Crippen LogP contribution in [0, 0.1) is 17.3 Å². The first-order valence-corrected chi connectivity index (χ1v) is 10.4. The quantitative estimate of drug-likeness (QED) is 0.707. The van der Waals surface area contributed by atoms with Gasteiger partial charge < -0.3 is 5.11 Å². The highest BCUT2D eigenvalue weighted by Crippen LogP contribution is 2.59. The molecule has 4 rings (SSSR count). The molecule has 0 heterocycles. The average Bonchev–Trinajstić information content (AvgIpc) is 2.94. The summed E-state index contributed by atoms with van der Waals surface area (Å²) in [6.45, 7) is 6.47. The highest BCUT2D eigenvalue weighted by atomic mass is 16.3. The van der Waals surface area contributed by atoms with E-state index in [-0.39, 0.29) is 5.41 Å². The molecule has 1 aromatic rings. The minimum Gasteiger partial charge on any atom is -0.508 e. The SMILES string of the molecule is CC=C(C)CCc1cc2c(cc1O)CCC1C2CCC2(C)C(=O)CCC12. The summed E-state index contributed by atoms with van der Waals surface area (Å²) >= 11 is 0. The summed E-state index contributed by atoms with van der Waals surface area (Å²) in [6.07, 6.45) is 10.4. The van der Waals surface area contributed by atoms with Gasteiger partial charge in [-0.05, 0) is 99.3 Å². The number of Topliss-reactive ketones (excluding diaryl/α,β-unsaturated/α-hetero) is 1. The van der Waals surface area contributed by atoms with Gasteiger partial charge in [0.05, 0.1) is 0 Å². The molecule has 0 spiro atoms. The van der Waals surface area contributed by atoms with Crippen LogP contribution >= 0.6 is 0 Å². The molecular formula is C24H32O2. The van der Waals surface area contributed by atoms with Crippen LogP contribution in [0.4, 0.5) is 0 Å². The van der Waals surface area contributed by atoms with Crippen molar-refractivity contribution in [1.82, 2.24) is 0 Å². The molecule has 2 heteroatoms. The molecule has 4 atom stereocenters. The maximum absolute atomic E-state index is 12.5.